The van der Waals surface area contributed by atoms with Gasteiger partial charge in [-0.1, -0.05) is 29.8 Å². The quantitative estimate of drug-likeness (QED) is 0.331. The summed E-state index contributed by atoms with van der Waals surface area (Å²) < 4.78 is 16.3. The topological polar surface area (TPSA) is 102 Å². The highest BCUT2D eigenvalue weighted by Gasteiger charge is 2.12. The van der Waals surface area contributed by atoms with E-state index < -0.39 is 11.8 Å². The van der Waals surface area contributed by atoms with E-state index in [-0.39, 0.29) is 6.54 Å². The van der Waals surface area contributed by atoms with Crippen LogP contribution in [0.2, 0.25) is 0 Å². The van der Waals surface area contributed by atoms with Crippen LogP contribution in [0, 0.1) is 6.92 Å². The number of carbonyl (C=O) groups is 2. The first-order chi connectivity index (χ1) is 15.0. The molecule has 0 aliphatic heterocycles. The fourth-order valence-electron chi connectivity index (χ4n) is 2.61. The SMILES string of the molecule is COc1cc(/C=N\NC(=O)C(=O)NCc2ccco2)ccc1OCc1ccc(C)cc1. The molecule has 3 rings (SSSR count). The lowest BCUT2D eigenvalue weighted by Gasteiger charge is -2.11. The van der Waals surface area contributed by atoms with Gasteiger partial charge in [0.25, 0.3) is 0 Å². The van der Waals surface area contributed by atoms with Gasteiger partial charge in [0.05, 0.1) is 26.1 Å². The first-order valence-corrected chi connectivity index (χ1v) is 9.55. The number of aryl methyl sites for hydroxylation is 1. The minimum absolute atomic E-state index is 0.115. The van der Waals surface area contributed by atoms with Crippen LogP contribution in [0.1, 0.15) is 22.5 Å². The van der Waals surface area contributed by atoms with Crippen LogP contribution < -0.4 is 20.2 Å². The van der Waals surface area contributed by atoms with Gasteiger partial charge in [-0.3, -0.25) is 9.59 Å². The Bertz CT molecular complexity index is 1040. The Kier molecular flexibility index (Phi) is 7.42. The van der Waals surface area contributed by atoms with Gasteiger partial charge in [-0.15, -0.1) is 0 Å². The van der Waals surface area contributed by atoms with Crippen LogP contribution in [0.4, 0.5) is 0 Å². The molecule has 0 bridgehead atoms. The number of ether oxygens (including phenoxy) is 2. The predicted octanol–water partition coefficient (Wildman–Crippen LogP) is 2.94. The van der Waals surface area contributed by atoms with Gasteiger partial charge in [0.1, 0.15) is 12.4 Å². The van der Waals surface area contributed by atoms with Crippen LogP contribution in [0.15, 0.2) is 70.4 Å². The van der Waals surface area contributed by atoms with Gasteiger partial charge in [0.15, 0.2) is 11.5 Å². The molecule has 0 atom stereocenters. The fraction of sp³-hybridized carbons (Fsp3) is 0.174. The monoisotopic (exact) mass is 421 g/mol. The number of nitrogens with zero attached hydrogens (tertiary/aromatic N) is 1. The number of hydrogen-bond acceptors (Lipinski definition) is 6. The van der Waals surface area contributed by atoms with Gasteiger partial charge < -0.3 is 19.2 Å². The van der Waals surface area contributed by atoms with E-state index in [1.165, 1.54) is 18.0 Å². The number of rotatable bonds is 8. The molecule has 2 amide bonds. The molecule has 2 N–H and O–H groups in total. The first kappa shape index (κ1) is 21.6. The molecule has 0 saturated carbocycles. The average molecular weight is 421 g/mol. The van der Waals surface area contributed by atoms with Crippen molar-refractivity contribution >= 4 is 18.0 Å². The summed E-state index contributed by atoms with van der Waals surface area (Å²) in [6.07, 6.45) is 2.89. The standard InChI is InChI=1S/C23H23N3O5/c1-16-5-7-17(8-6-16)15-31-20-10-9-18(12-21(20)29-2)13-25-26-23(28)22(27)24-14-19-4-3-11-30-19/h3-13H,14-15H2,1-2H3,(H,24,27)(H,26,28)/b25-13-. The third-order valence-electron chi connectivity index (χ3n) is 4.29. The summed E-state index contributed by atoms with van der Waals surface area (Å²) in [5.74, 6) is -0.0413. The maximum absolute atomic E-state index is 11.8. The Morgan fingerprint density at radius 1 is 1.06 bits per heavy atom. The zero-order valence-electron chi connectivity index (χ0n) is 17.3. The lowest BCUT2D eigenvalue weighted by molar-refractivity contribution is -0.139. The lowest BCUT2D eigenvalue weighted by atomic mass is 10.2. The molecule has 1 aromatic heterocycles. The summed E-state index contributed by atoms with van der Waals surface area (Å²) in [6, 6.07) is 16.7. The van der Waals surface area contributed by atoms with Gasteiger partial charge >= 0.3 is 11.8 Å². The van der Waals surface area contributed by atoms with E-state index in [1.54, 1.807) is 37.4 Å². The van der Waals surface area contributed by atoms with Crippen molar-refractivity contribution < 1.29 is 23.5 Å². The van der Waals surface area contributed by atoms with Crippen molar-refractivity contribution in [2.24, 2.45) is 5.10 Å². The maximum Gasteiger partial charge on any atom is 0.329 e. The average Bonchev–Trinajstić information content (AvgIpc) is 3.31. The number of carbonyl (C=O) groups excluding carboxylic acids is 2. The summed E-state index contributed by atoms with van der Waals surface area (Å²) in [7, 11) is 1.54. The molecule has 0 aliphatic rings. The van der Waals surface area contributed by atoms with Crippen LogP contribution in [0.5, 0.6) is 11.5 Å². The largest absolute Gasteiger partial charge is 0.493 e. The third-order valence-corrected chi connectivity index (χ3v) is 4.29. The van der Waals surface area contributed by atoms with Crippen LogP contribution in [-0.2, 0) is 22.7 Å². The molecule has 1 heterocycles. The molecule has 0 unspecified atom stereocenters. The summed E-state index contributed by atoms with van der Waals surface area (Å²) >= 11 is 0. The number of amides is 2. The number of benzene rings is 2. The second-order valence-corrected chi connectivity index (χ2v) is 6.65. The molecule has 0 radical (unpaired) electrons. The lowest BCUT2D eigenvalue weighted by Crippen LogP contribution is -2.37. The van der Waals surface area contributed by atoms with E-state index in [2.05, 4.69) is 15.8 Å². The molecule has 0 spiro atoms. The highest BCUT2D eigenvalue weighted by atomic mass is 16.5. The first-order valence-electron chi connectivity index (χ1n) is 9.55. The number of methoxy groups -OCH3 is 1. The number of furan rings is 1. The van der Waals surface area contributed by atoms with Gasteiger partial charge in [-0.05, 0) is 48.4 Å². The third kappa shape index (κ3) is 6.46. The number of hydrazone groups is 1. The smallest absolute Gasteiger partial charge is 0.329 e. The highest BCUT2D eigenvalue weighted by Crippen LogP contribution is 2.28. The second-order valence-electron chi connectivity index (χ2n) is 6.65. The highest BCUT2D eigenvalue weighted by molar-refractivity contribution is 6.35. The molecule has 160 valence electrons. The summed E-state index contributed by atoms with van der Waals surface area (Å²) in [4.78, 5) is 23.6. The van der Waals surface area contributed by atoms with Crippen LogP contribution in [-0.4, -0.2) is 25.1 Å². The summed E-state index contributed by atoms with van der Waals surface area (Å²) in [5, 5.41) is 6.24. The molecular formula is C23H23N3O5. The van der Waals surface area contributed by atoms with Crippen molar-refractivity contribution in [3.63, 3.8) is 0 Å². The molecule has 0 fully saturated rings. The van der Waals surface area contributed by atoms with Gasteiger partial charge in [0.2, 0.25) is 0 Å². The zero-order valence-corrected chi connectivity index (χ0v) is 17.3. The molecular weight excluding hydrogens is 398 g/mol. The van der Waals surface area contributed by atoms with E-state index in [1.807, 2.05) is 31.2 Å². The van der Waals surface area contributed by atoms with Gasteiger partial charge in [0, 0.05) is 0 Å². The summed E-state index contributed by atoms with van der Waals surface area (Å²) in [5.41, 5.74) is 5.08. The Labute approximate surface area is 179 Å². The van der Waals surface area contributed by atoms with E-state index in [0.717, 1.165) is 5.56 Å². The molecule has 31 heavy (non-hydrogen) atoms. The molecule has 0 saturated heterocycles. The normalized spacial score (nSPS) is 10.6. The Hall–Kier alpha value is -4.07. The fourth-order valence-corrected chi connectivity index (χ4v) is 2.61. The van der Waals surface area contributed by atoms with Crippen molar-refractivity contribution in [2.75, 3.05) is 7.11 Å². The Morgan fingerprint density at radius 3 is 2.58 bits per heavy atom. The van der Waals surface area contributed by atoms with Crippen molar-refractivity contribution in [3.8, 4) is 11.5 Å². The Morgan fingerprint density at radius 2 is 1.87 bits per heavy atom. The second kappa shape index (κ2) is 10.6. The molecule has 0 aliphatic carbocycles. The maximum atomic E-state index is 11.8. The number of hydrogen-bond donors (Lipinski definition) is 2. The van der Waals surface area contributed by atoms with E-state index >= 15 is 0 Å². The molecule has 8 nitrogen and oxygen atoms in total. The number of nitrogens with one attached hydrogen (secondary N) is 2. The molecule has 8 heteroatoms. The minimum Gasteiger partial charge on any atom is -0.493 e. The Balaban J connectivity index is 1.52. The van der Waals surface area contributed by atoms with Crippen LogP contribution in [0.3, 0.4) is 0 Å². The van der Waals surface area contributed by atoms with Crippen molar-refractivity contribution in [3.05, 3.63) is 83.3 Å². The van der Waals surface area contributed by atoms with Crippen molar-refractivity contribution in [2.45, 2.75) is 20.1 Å². The van der Waals surface area contributed by atoms with E-state index in [9.17, 15) is 9.59 Å². The molecule has 3 aromatic rings. The van der Waals surface area contributed by atoms with Crippen LogP contribution in [0.25, 0.3) is 0 Å². The minimum atomic E-state index is -0.882. The summed E-state index contributed by atoms with van der Waals surface area (Å²) in [6.45, 7) is 2.56. The van der Waals surface area contributed by atoms with Gasteiger partial charge in [-0.25, -0.2) is 5.43 Å². The van der Waals surface area contributed by atoms with E-state index in [0.29, 0.717) is 29.4 Å². The van der Waals surface area contributed by atoms with Crippen LogP contribution >= 0.6 is 0 Å². The van der Waals surface area contributed by atoms with E-state index in [4.69, 9.17) is 13.9 Å². The zero-order chi connectivity index (χ0) is 22.1. The van der Waals surface area contributed by atoms with Crippen molar-refractivity contribution in [1.29, 1.82) is 0 Å². The van der Waals surface area contributed by atoms with Gasteiger partial charge in [-0.2, -0.15) is 5.10 Å². The predicted molar refractivity (Wildman–Crippen MR) is 115 cm³/mol. The molecule has 2 aromatic carbocycles. The van der Waals surface area contributed by atoms with Crippen molar-refractivity contribution in [1.82, 2.24) is 10.7 Å².